The molecule has 0 aromatic heterocycles. The highest BCUT2D eigenvalue weighted by atomic mass is 79.9. The lowest BCUT2D eigenvalue weighted by atomic mass is 9.89. The maximum Gasteiger partial charge on any atom is 0.0462 e. The Labute approximate surface area is 93.3 Å². The summed E-state index contributed by atoms with van der Waals surface area (Å²) in [5, 5.41) is 9.20. The second-order valence-electron chi connectivity index (χ2n) is 4.12. The van der Waals surface area contributed by atoms with Gasteiger partial charge in [-0.1, -0.05) is 35.0 Å². The quantitative estimate of drug-likeness (QED) is 0.860. The number of hydrogen-bond donors (Lipinski definition) is 1. The van der Waals surface area contributed by atoms with Gasteiger partial charge < -0.3 is 5.11 Å². The molecule has 0 bridgehead atoms. The van der Waals surface area contributed by atoms with Crippen molar-refractivity contribution in [2.45, 2.75) is 25.7 Å². The molecule has 0 fully saturated rings. The van der Waals surface area contributed by atoms with Crippen LogP contribution in [0.5, 0.6) is 0 Å². The standard InChI is InChI=1S/C12H15BrO/c1-8(7-14)10-6-5-9-3-2-4-11(13)12(9)10/h2-4,8,10,14H,5-7H2,1H3. The second kappa shape index (κ2) is 4.03. The average molecular weight is 255 g/mol. The van der Waals surface area contributed by atoms with Gasteiger partial charge in [0.15, 0.2) is 0 Å². The number of rotatable bonds is 2. The molecule has 1 aromatic carbocycles. The number of aliphatic hydroxyl groups is 1. The molecule has 1 aromatic rings. The van der Waals surface area contributed by atoms with Crippen molar-refractivity contribution >= 4 is 15.9 Å². The van der Waals surface area contributed by atoms with Crippen LogP contribution in [0.3, 0.4) is 0 Å². The first-order valence-corrected chi connectivity index (χ1v) is 5.91. The largest absolute Gasteiger partial charge is 0.396 e. The predicted octanol–water partition coefficient (Wildman–Crippen LogP) is 3.11. The Morgan fingerprint density at radius 3 is 3.07 bits per heavy atom. The van der Waals surface area contributed by atoms with E-state index in [1.54, 1.807) is 0 Å². The number of halogens is 1. The number of fused-ring (bicyclic) bond motifs is 1. The third-order valence-electron chi connectivity index (χ3n) is 3.21. The molecule has 1 N–H and O–H groups in total. The van der Waals surface area contributed by atoms with E-state index in [4.69, 9.17) is 0 Å². The summed E-state index contributed by atoms with van der Waals surface area (Å²) in [5.74, 6) is 0.903. The molecule has 2 heteroatoms. The van der Waals surface area contributed by atoms with Gasteiger partial charge in [0.2, 0.25) is 0 Å². The Kier molecular flexibility index (Phi) is 2.93. The highest BCUT2D eigenvalue weighted by Gasteiger charge is 2.28. The molecule has 0 radical (unpaired) electrons. The van der Waals surface area contributed by atoms with Gasteiger partial charge in [-0.3, -0.25) is 0 Å². The minimum Gasteiger partial charge on any atom is -0.396 e. The van der Waals surface area contributed by atoms with E-state index < -0.39 is 0 Å². The average Bonchev–Trinajstić information content (AvgIpc) is 2.62. The van der Waals surface area contributed by atoms with Gasteiger partial charge in [0.25, 0.3) is 0 Å². The van der Waals surface area contributed by atoms with Crippen LogP contribution in [0.2, 0.25) is 0 Å². The topological polar surface area (TPSA) is 20.2 Å². The Morgan fingerprint density at radius 1 is 1.57 bits per heavy atom. The molecule has 0 aliphatic heterocycles. The van der Waals surface area contributed by atoms with Crippen LogP contribution < -0.4 is 0 Å². The molecule has 0 amide bonds. The van der Waals surface area contributed by atoms with Gasteiger partial charge in [0.05, 0.1) is 0 Å². The maximum absolute atomic E-state index is 9.20. The Bertz CT molecular complexity index is 335. The van der Waals surface area contributed by atoms with Crippen molar-refractivity contribution in [1.82, 2.24) is 0 Å². The van der Waals surface area contributed by atoms with Crippen molar-refractivity contribution in [3.8, 4) is 0 Å². The SMILES string of the molecule is CC(CO)C1CCc2cccc(Br)c21. The summed E-state index contributed by atoms with van der Waals surface area (Å²) >= 11 is 3.60. The minimum absolute atomic E-state index is 0.283. The van der Waals surface area contributed by atoms with E-state index in [9.17, 15) is 5.11 Å². The zero-order valence-electron chi connectivity index (χ0n) is 8.33. The summed E-state index contributed by atoms with van der Waals surface area (Å²) in [7, 11) is 0. The number of aliphatic hydroxyl groups excluding tert-OH is 1. The molecule has 0 saturated carbocycles. The molecule has 0 heterocycles. The van der Waals surface area contributed by atoms with Crippen LogP contribution in [-0.4, -0.2) is 11.7 Å². The first-order chi connectivity index (χ1) is 6.74. The fraction of sp³-hybridized carbons (Fsp3) is 0.500. The normalized spacial score (nSPS) is 22.1. The highest BCUT2D eigenvalue weighted by molar-refractivity contribution is 9.10. The molecule has 0 spiro atoms. The van der Waals surface area contributed by atoms with Crippen LogP contribution in [0.15, 0.2) is 22.7 Å². The van der Waals surface area contributed by atoms with Gasteiger partial charge in [0, 0.05) is 11.1 Å². The zero-order chi connectivity index (χ0) is 10.1. The van der Waals surface area contributed by atoms with E-state index in [2.05, 4.69) is 41.1 Å². The fourth-order valence-corrected chi connectivity index (χ4v) is 3.07. The van der Waals surface area contributed by atoms with Crippen molar-refractivity contribution in [1.29, 1.82) is 0 Å². The van der Waals surface area contributed by atoms with E-state index in [-0.39, 0.29) is 6.61 Å². The Morgan fingerprint density at radius 2 is 2.36 bits per heavy atom. The summed E-state index contributed by atoms with van der Waals surface area (Å²) in [6, 6.07) is 6.39. The monoisotopic (exact) mass is 254 g/mol. The second-order valence-corrected chi connectivity index (χ2v) is 4.97. The van der Waals surface area contributed by atoms with Crippen LogP contribution in [0.1, 0.15) is 30.4 Å². The summed E-state index contributed by atoms with van der Waals surface area (Å²) in [6.07, 6.45) is 2.34. The summed E-state index contributed by atoms with van der Waals surface area (Å²) in [6.45, 7) is 2.41. The van der Waals surface area contributed by atoms with Gasteiger partial charge in [-0.25, -0.2) is 0 Å². The van der Waals surface area contributed by atoms with Crippen LogP contribution in [0.25, 0.3) is 0 Å². The third-order valence-corrected chi connectivity index (χ3v) is 3.91. The molecular weight excluding hydrogens is 240 g/mol. The lowest BCUT2D eigenvalue weighted by molar-refractivity contribution is 0.215. The summed E-state index contributed by atoms with van der Waals surface area (Å²) in [4.78, 5) is 0. The smallest absolute Gasteiger partial charge is 0.0462 e. The molecule has 1 aliphatic carbocycles. The van der Waals surface area contributed by atoms with Gasteiger partial charge in [-0.15, -0.1) is 0 Å². The molecule has 0 saturated heterocycles. The fourth-order valence-electron chi connectivity index (χ4n) is 2.37. The lowest BCUT2D eigenvalue weighted by Gasteiger charge is -2.18. The van der Waals surface area contributed by atoms with Crippen LogP contribution in [0.4, 0.5) is 0 Å². The lowest BCUT2D eigenvalue weighted by Crippen LogP contribution is -2.11. The summed E-state index contributed by atoms with van der Waals surface area (Å²) < 4.78 is 1.21. The van der Waals surface area contributed by atoms with Crippen molar-refractivity contribution in [3.05, 3.63) is 33.8 Å². The van der Waals surface area contributed by atoms with E-state index in [0.717, 1.165) is 6.42 Å². The van der Waals surface area contributed by atoms with E-state index in [1.807, 2.05) is 0 Å². The van der Waals surface area contributed by atoms with Crippen molar-refractivity contribution in [3.63, 3.8) is 0 Å². The van der Waals surface area contributed by atoms with Crippen LogP contribution in [-0.2, 0) is 6.42 Å². The van der Waals surface area contributed by atoms with Crippen molar-refractivity contribution < 1.29 is 5.11 Å². The Balaban J connectivity index is 2.38. The molecule has 14 heavy (non-hydrogen) atoms. The number of benzene rings is 1. The molecule has 1 nitrogen and oxygen atoms in total. The van der Waals surface area contributed by atoms with Gasteiger partial charge in [0.1, 0.15) is 0 Å². The maximum atomic E-state index is 9.20. The Hall–Kier alpha value is -0.340. The molecule has 1 aliphatic rings. The predicted molar refractivity (Wildman–Crippen MR) is 61.5 cm³/mol. The molecule has 2 atom stereocenters. The first kappa shape index (κ1) is 10.2. The molecule has 76 valence electrons. The van der Waals surface area contributed by atoms with Crippen LogP contribution >= 0.6 is 15.9 Å². The zero-order valence-corrected chi connectivity index (χ0v) is 9.92. The van der Waals surface area contributed by atoms with Crippen molar-refractivity contribution in [2.24, 2.45) is 5.92 Å². The van der Waals surface area contributed by atoms with E-state index >= 15 is 0 Å². The highest BCUT2D eigenvalue weighted by Crippen LogP contribution is 2.41. The number of hydrogen-bond acceptors (Lipinski definition) is 1. The van der Waals surface area contributed by atoms with Crippen LogP contribution in [0, 0.1) is 5.92 Å². The molecule has 2 unspecified atom stereocenters. The van der Waals surface area contributed by atoms with Gasteiger partial charge in [-0.05, 0) is 41.9 Å². The molecule has 2 rings (SSSR count). The van der Waals surface area contributed by atoms with Gasteiger partial charge >= 0.3 is 0 Å². The molecular formula is C12H15BrO. The van der Waals surface area contributed by atoms with Gasteiger partial charge in [-0.2, -0.15) is 0 Å². The summed E-state index contributed by atoms with van der Waals surface area (Å²) in [5.41, 5.74) is 2.87. The third kappa shape index (κ3) is 1.61. The number of aryl methyl sites for hydroxylation is 1. The minimum atomic E-state index is 0.283. The van der Waals surface area contributed by atoms with E-state index in [0.29, 0.717) is 11.8 Å². The van der Waals surface area contributed by atoms with Crippen molar-refractivity contribution in [2.75, 3.05) is 6.61 Å². The van der Waals surface area contributed by atoms with E-state index in [1.165, 1.54) is 22.0 Å². The first-order valence-electron chi connectivity index (χ1n) is 5.12.